The molecule has 186 valence electrons. The Morgan fingerprint density at radius 3 is 2.38 bits per heavy atom. The molecule has 0 aliphatic rings. The molecule has 0 bridgehead atoms. The molecule has 2 heterocycles. The molecular formula is C29H25ClN4O2S. The highest BCUT2D eigenvalue weighted by Crippen LogP contribution is 2.28. The topological polar surface area (TPSA) is 69.0 Å². The summed E-state index contributed by atoms with van der Waals surface area (Å²) in [5.74, 6) is 1.46. The summed E-state index contributed by atoms with van der Waals surface area (Å²) in [5.41, 5.74) is 5.76. The number of fused-ring (bicyclic) bond motifs is 1. The molecule has 6 nitrogen and oxygen atoms in total. The van der Waals surface area contributed by atoms with Crippen LogP contribution in [0.25, 0.3) is 11.0 Å². The molecule has 0 saturated heterocycles. The molecule has 0 aliphatic heterocycles. The Morgan fingerprint density at radius 1 is 0.946 bits per heavy atom. The lowest BCUT2D eigenvalue weighted by molar-refractivity contribution is 0.0951. The van der Waals surface area contributed by atoms with Crippen molar-refractivity contribution < 1.29 is 9.53 Å². The Morgan fingerprint density at radius 2 is 1.65 bits per heavy atom. The van der Waals surface area contributed by atoms with Crippen LogP contribution in [0.15, 0.2) is 96.4 Å². The highest BCUT2D eigenvalue weighted by molar-refractivity contribution is 7.98. The molecule has 5 aromatic rings. The molecule has 0 atom stereocenters. The number of imidazole rings is 1. The number of rotatable bonds is 9. The molecule has 0 radical (unpaired) electrons. The van der Waals surface area contributed by atoms with Gasteiger partial charge in [0.25, 0.3) is 5.91 Å². The fraction of sp³-hybridized carbons (Fsp3) is 0.138. The third-order valence-corrected chi connectivity index (χ3v) is 7.27. The van der Waals surface area contributed by atoms with Crippen LogP contribution in [0.3, 0.4) is 0 Å². The second kappa shape index (κ2) is 11.5. The largest absolute Gasteiger partial charge is 0.497 e. The van der Waals surface area contributed by atoms with Crippen LogP contribution in [0.5, 0.6) is 5.75 Å². The summed E-state index contributed by atoms with van der Waals surface area (Å²) in [6, 6.07) is 25.1. The van der Waals surface area contributed by atoms with Crippen molar-refractivity contribution in [1.82, 2.24) is 19.9 Å². The summed E-state index contributed by atoms with van der Waals surface area (Å²) in [5, 5.41) is 4.61. The van der Waals surface area contributed by atoms with E-state index in [4.69, 9.17) is 21.3 Å². The molecule has 0 spiro atoms. The lowest BCUT2D eigenvalue weighted by Crippen LogP contribution is -2.22. The number of carbonyl (C=O) groups is 1. The van der Waals surface area contributed by atoms with Crippen molar-refractivity contribution in [1.29, 1.82) is 0 Å². The van der Waals surface area contributed by atoms with Crippen molar-refractivity contribution in [2.75, 3.05) is 7.11 Å². The number of benzene rings is 3. The van der Waals surface area contributed by atoms with E-state index in [2.05, 4.69) is 14.9 Å². The minimum Gasteiger partial charge on any atom is -0.497 e. The molecule has 5 rings (SSSR count). The van der Waals surface area contributed by atoms with Crippen LogP contribution >= 0.6 is 23.4 Å². The summed E-state index contributed by atoms with van der Waals surface area (Å²) in [6.45, 7) is 1.08. The zero-order valence-electron chi connectivity index (χ0n) is 20.2. The fourth-order valence-electron chi connectivity index (χ4n) is 3.91. The standard InChI is InChI=1S/C29H25ClN4O2S/c1-36-25-12-6-20(7-13-25)16-32-28(35)23-8-2-21(3-9-23)18-34-27-17-31-15-14-26(27)33-29(34)37-19-22-4-10-24(30)11-5-22/h2-15,17H,16,18-19H2,1H3,(H,32,35). The van der Waals surface area contributed by atoms with Gasteiger partial charge in [-0.05, 0) is 59.2 Å². The molecule has 0 unspecified atom stereocenters. The van der Waals surface area contributed by atoms with Crippen LogP contribution in [-0.4, -0.2) is 27.6 Å². The minimum atomic E-state index is -0.112. The van der Waals surface area contributed by atoms with Crippen LogP contribution in [0, 0.1) is 0 Å². The summed E-state index contributed by atoms with van der Waals surface area (Å²) in [7, 11) is 1.63. The van der Waals surface area contributed by atoms with E-state index >= 15 is 0 Å². The highest BCUT2D eigenvalue weighted by atomic mass is 35.5. The second-order valence-electron chi connectivity index (χ2n) is 8.49. The number of carbonyl (C=O) groups excluding carboxylic acids is 1. The molecule has 3 aromatic carbocycles. The quantitative estimate of drug-likeness (QED) is 0.225. The average molecular weight is 529 g/mol. The van der Waals surface area contributed by atoms with Crippen molar-refractivity contribution in [2.24, 2.45) is 0 Å². The maximum atomic E-state index is 12.7. The van der Waals surface area contributed by atoms with Crippen LogP contribution in [0.2, 0.25) is 5.02 Å². The van der Waals surface area contributed by atoms with Crippen LogP contribution < -0.4 is 10.1 Å². The molecule has 8 heteroatoms. The number of nitrogens with one attached hydrogen (secondary N) is 1. The number of nitrogens with zero attached hydrogens (tertiary/aromatic N) is 3. The number of hydrogen-bond acceptors (Lipinski definition) is 5. The van der Waals surface area contributed by atoms with E-state index < -0.39 is 0 Å². The molecule has 0 fully saturated rings. The predicted octanol–water partition coefficient (Wildman–Crippen LogP) is 6.36. The maximum absolute atomic E-state index is 12.7. The Balaban J connectivity index is 1.27. The SMILES string of the molecule is COc1ccc(CNC(=O)c2ccc(Cn3c(SCc4ccc(Cl)cc4)nc4ccncc43)cc2)cc1. The van der Waals surface area contributed by atoms with Crippen LogP contribution in [0.1, 0.15) is 27.0 Å². The molecule has 1 N–H and O–H groups in total. The van der Waals surface area contributed by atoms with E-state index in [9.17, 15) is 4.79 Å². The highest BCUT2D eigenvalue weighted by Gasteiger charge is 2.13. The van der Waals surface area contributed by atoms with Gasteiger partial charge < -0.3 is 14.6 Å². The minimum absolute atomic E-state index is 0.112. The Bertz CT molecular complexity index is 1500. The van der Waals surface area contributed by atoms with Crippen molar-refractivity contribution in [3.05, 3.63) is 119 Å². The van der Waals surface area contributed by atoms with E-state index in [1.54, 1.807) is 25.1 Å². The van der Waals surface area contributed by atoms with Gasteiger partial charge in [-0.1, -0.05) is 59.8 Å². The molecular weight excluding hydrogens is 504 g/mol. The van der Waals surface area contributed by atoms with Gasteiger partial charge in [0.15, 0.2) is 5.16 Å². The number of aromatic nitrogens is 3. The normalized spacial score (nSPS) is 11.0. The molecule has 2 aromatic heterocycles. The van der Waals surface area contributed by atoms with Gasteiger partial charge in [0.05, 0.1) is 30.9 Å². The van der Waals surface area contributed by atoms with E-state index in [1.807, 2.05) is 85.1 Å². The first-order valence-corrected chi connectivity index (χ1v) is 13.1. The fourth-order valence-corrected chi connectivity index (χ4v) is 5.01. The van der Waals surface area contributed by atoms with Gasteiger partial charge in [0.1, 0.15) is 5.75 Å². The monoisotopic (exact) mass is 528 g/mol. The Labute approximate surface area is 224 Å². The summed E-state index contributed by atoms with van der Waals surface area (Å²) < 4.78 is 7.35. The van der Waals surface area contributed by atoms with Gasteiger partial charge >= 0.3 is 0 Å². The number of thioether (sulfide) groups is 1. The predicted molar refractivity (Wildman–Crippen MR) is 148 cm³/mol. The lowest BCUT2D eigenvalue weighted by atomic mass is 10.1. The smallest absolute Gasteiger partial charge is 0.251 e. The van der Waals surface area contributed by atoms with Crippen molar-refractivity contribution >= 4 is 40.3 Å². The van der Waals surface area contributed by atoms with Crippen molar-refractivity contribution in [2.45, 2.75) is 24.0 Å². The van der Waals surface area contributed by atoms with Gasteiger partial charge in [0, 0.05) is 29.1 Å². The van der Waals surface area contributed by atoms with E-state index in [0.29, 0.717) is 18.7 Å². The van der Waals surface area contributed by atoms with Gasteiger partial charge in [-0.2, -0.15) is 0 Å². The van der Waals surface area contributed by atoms with Crippen molar-refractivity contribution in [3.8, 4) is 5.75 Å². The van der Waals surface area contributed by atoms with Gasteiger partial charge in [0.2, 0.25) is 0 Å². The zero-order chi connectivity index (χ0) is 25.6. The Hall–Kier alpha value is -3.81. The lowest BCUT2D eigenvalue weighted by Gasteiger charge is -2.10. The van der Waals surface area contributed by atoms with E-state index in [-0.39, 0.29) is 5.91 Å². The maximum Gasteiger partial charge on any atom is 0.251 e. The first-order valence-electron chi connectivity index (χ1n) is 11.8. The second-order valence-corrected chi connectivity index (χ2v) is 9.87. The number of hydrogen-bond donors (Lipinski definition) is 1. The average Bonchev–Trinajstić information content (AvgIpc) is 3.29. The third kappa shape index (κ3) is 6.13. The number of pyridine rings is 1. The first kappa shape index (κ1) is 24.9. The Kier molecular flexibility index (Phi) is 7.73. The van der Waals surface area contributed by atoms with Crippen LogP contribution in [-0.2, 0) is 18.8 Å². The molecule has 0 saturated carbocycles. The van der Waals surface area contributed by atoms with Gasteiger partial charge in [-0.3, -0.25) is 9.78 Å². The number of amides is 1. The van der Waals surface area contributed by atoms with Gasteiger partial charge in [-0.15, -0.1) is 0 Å². The first-order chi connectivity index (χ1) is 18.1. The molecule has 0 aliphatic carbocycles. The van der Waals surface area contributed by atoms with Crippen LogP contribution in [0.4, 0.5) is 0 Å². The number of ether oxygens (including phenoxy) is 1. The number of halogens is 1. The van der Waals surface area contributed by atoms with E-state index in [1.165, 1.54) is 5.56 Å². The zero-order valence-corrected chi connectivity index (χ0v) is 21.8. The van der Waals surface area contributed by atoms with Gasteiger partial charge in [-0.25, -0.2) is 4.98 Å². The number of methoxy groups -OCH3 is 1. The molecule has 1 amide bonds. The van der Waals surface area contributed by atoms with Crippen molar-refractivity contribution in [3.63, 3.8) is 0 Å². The summed E-state index contributed by atoms with van der Waals surface area (Å²) in [6.07, 6.45) is 3.60. The molecule has 37 heavy (non-hydrogen) atoms. The summed E-state index contributed by atoms with van der Waals surface area (Å²) >= 11 is 7.70. The summed E-state index contributed by atoms with van der Waals surface area (Å²) in [4.78, 5) is 21.8. The van der Waals surface area contributed by atoms with E-state index in [0.717, 1.165) is 43.8 Å². The third-order valence-electron chi connectivity index (χ3n) is 5.97.